The third-order valence-corrected chi connectivity index (χ3v) is 3.98. The minimum atomic E-state index is -0.896. The molecule has 0 bridgehead atoms. The lowest BCUT2D eigenvalue weighted by molar-refractivity contribution is -0.136. The first kappa shape index (κ1) is 15.6. The summed E-state index contributed by atoms with van der Waals surface area (Å²) < 4.78 is 6.57. The Hall–Kier alpha value is -1.76. The van der Waals surface area contributed by atoms with Crippen LogP contribution in [0.4, 0.5) is 4.79 Å². The lowest BCUT2D eigenvalue weighted by Crippen LogP contribution is -2.41. The van der Waals surface area contributed by atoms with Crippen molar-refractivity contribution in [1.82, 2.24) is 4.90 Å². The fourth-order valence-electron chi connectivity index (χ4n) is 2.27. The molecule has 0 aliphatic carbocycles. The second kappa shape index (κ2) is 6.80. The van der Waals surface area contributed by atoms with Crippen molar-refractivity contribution < 1.29 is 24.5 Å². The van der Waals surface area contributed by atoms with Gasteiger partial charge in [-0.25, -0.2) is 4.79 Å². The molecule has 0 aromatic heterocycles. The molecule has 7 heteroatoms. The number of nitrogens with zero attached hydrogens (tertiary/aromatic N) is 1. The van der Waals surface area contributed by atoms with Gasteiger partial charge in [0.1, 0.15) is 11.9 Å². The third-order valence-electron chi connectivity index (χ3n) is 3.36. The molecular formula is C14H16BrNO5. The van der Waals surface area contributed by atoms with Gasteiger partial charge < -0.3 is 19.8 Å². The summed E-state index contributed by atoms with van der Waals surface area (Å²) in [6.45, 7) is 0.934. The highest BCUT2D eigenvalue weighted by atomic mass is 79.9. The number of halogens is 1. The maximum absolute atomic E-state index is 10.8. The van der Waals surface area contributed by atoms with Crippen LogP contribution in [-0.2, 0) is 11.2 Å². The number of rotatable bonds is 4. The highest BCUT2D eigenvalue weighted by Gasteiger charge is 2.23. The summed E-state index contributed by atoms with van der Waals surface area (Å²) in [5.74, 6) is -0.227. The van der Waals surface area contributed by atoms with Gasteiger partial charge in [0.25, 0.3) is 0 Å². The first-order valence-corrected chi connectivity index (χ1v) is 7.39. The van der Waals surface area contributed by atoms with Gasteiger partial charge in [0.2, 0.25) is 0 Å². The summed E-state index contributed by atoms with van der Waals surface area (Å²) >= 11 is 3.38. The van der Waals surface area contributed by atoms with Gasteiger partial charge in [0.05, 0.1) is 10.9 Å². The van der Waals surface area contributed by atoms with Crippen molar-refractivity contribution in [2.75, 3.05) is 13.1 Å². The zero-order chi connectivity index (χ0) is 15.4. The Balaban J connectivity index is 1.94. The van der Waals surface area contributed by atoms with Crippen LogP contribution in [0.2, 0.25) is 0 Å². The van der Waals surface area contributed by atoms with Gasteiger partial charge in [-0.3, -0.25) is 4.79 Å². The number of hydrogen-bond acceptors (Lipinski definition) is 3. The summed E-state index contributed by atoms with van der Waals surface area (Å²) in [5.41, 5.74) is 0.697. The van der Waals surface area contributed by atoms with Crippen molar-refractivity contribution in [3.05, 3.63) is 28.2 Å². The fraction of sp³-hybridized carbons (Fsp3) is 0.429. The highest BCUT2D eigenvalue weighted by molar-refractivity contribution is 9.10. The molecular weight excluding hydrogens is 342 g/mol. The predicted octanol–water partition coefficient (Wildman–Crippen LogP) is 2.60. The molecule has 0 radical (unpaired) electrons. The fourth-order valence-corrected chi connectivity index (χ4v) is 2.79. The Morgan fingerprint density at radius 1 is 1.29 bits per heavy atom. The molecule has 1 fully saturated rings. The zero-order valence-electron chi connectivity index (χ0n) is 11.3. The molecule has 114 valence electrons. The van der Waals surface area contributed by atoms with Crippen molar-refractivity contribution in [2.24, 2.45) is 0 Å². The van der Waals surface area contributed by atoms with Gasteiger partial charge in [-0.05, 0) is 33.6 Å². The van der Waals surface area contributed by atoms with E-state index in [1.165, 1.54) is 4.90 Å². The summed E-state index contributed by atoms with van der Waals surface area (Å²) in [6.07, 6.45) is 0.344. The average Bonchev–Trinajstić information content (AvgIpc) is 2.42. The topological polar surface area (TPSA) is 87.1 Å². The molecule has 1 aliphatic heterocycles. The van der Waals surface area contributed by atoms with Gasteiger partial charge in [-0.1, -0.05) is 6.07 Å². The Morgan fingerprint density at radius 3 is 2.48 bits per heavy atom. The molecule has 0 spiro atoms. The van der Waals surface area contributed by atoms with Gasteiger partial charge in [0, 0.05) is 25.9 Å². The van der Waals surface area contributed by atoms with Crippen LogP contribution in [0, 0.1) is 0 Å². The molecule has 6 nitrogen and oxygen atoms in total. The van der Waals surface area contributed by atoms with E-state index in [1.807, 2.05) is 0 Å². The number of carboxylic acids is 1. The Morgan fingerprint density at radius 2 is 1.95 bits per heavy atom. The number of carboxylic acid groups (broad SMARTS) is 2. The smallest absolute Gasteiger partial charge is 0.407 e. The molecule has 2 rings (SSSR count). The minimum Gasteiger partial charge on any atom is -0.489 e. The van der Waals surface area contributed by atoms with Gasteiger partial charge >= 0.3 is 12.1 Å². The molecule has 2 N–H and O–H groups in total. The van der Waals surface area contributed by atoms with E-state index in [2.05, 4.69) is 15.9 Å². The molecule has 0 atom stereocenters. The third kappa shape index (κ3) is 4.35. The number of hydrogen-bond donors (Lipinski definition) is 2. The van der Waals surface area contributed by atoms with Crippen LogP contribution >= 0.6 is 15.9 Å². The first-order valence-electron chi connectivity index (χ1n) is 6.60. The second-order valence-corrected chi connectivity index (χ2v) is 5.78. The Kier molecular flexibility index (Phi) is 5.06. The van der Waals surface area contributed by atoms with E-state index >= 15 is 0 Å². The maximum atomic E-state index is 10.8. The van der Waals surface area contributed by atoms with Crippen molar-refractivity contribution in [3.8, 4) is 5.75 Å². The number of carbonyl (C=O) groups is 2. The lowest BCUT2D eigenvalue weighted by Gasteiger charge is -2.30. The van der Waals surface area contributed by atoms with Crippen LogP contribution < -0.4 is 4.74 Å². The van der Waals surface area contributed by atoms with E-state index < -0.39 is 12.1 Å². The molecule has 0 unspecified atom stereocenters. The molecule has 1 aliphatic rings. The molecule has 1 saturated heterocycles. The van der Waals surface area contributed by atoms with Gasteiger partial charge in [0.15, 0.2) is 0 Å². The Bertz CT molecular complexity index is 540. The van der Waals surface area contributed by atoms with Crippen molar-refractivity contribution in [3.63, 3.8) is 0 Å². The number of amides is 1. The number of piperidine rings is 1. The minimum absolute atomic E-state index is 0.0257. The predicted molar refractivity (Wildman–Crippen MR) is 78.7 cm³/mol. The first-order chi connectivity index (χ1) is 9.95. The van der Waals surface area contributed by atoms with E-state index in [0.717, 1.165) is 0 Å². The summed E-state index contributed by atoms with van der Waals surface area (Å²) in [7, 11) is 0. The molecule has 0 saturated carbocycles. The monoisotopic (exact) mass is 357 g/mol. The normalized spacial score (nSPS) is 15.8. The van der Waals surface area contributed by atoms with Crippen molar-refractivity contribution in [1.29, 1.82) is 0 Å². The summed E-state index contributed by atoms with van der Waals surface area (Å²) in [4.78, 5) is 22.9. The maximum Gasteiger partial charge on any atom is 0.407 e. The quantitative estimate of drug-likeness (QED) is 0.864. The molecule has 1 aromatic rings. The van der Waals surface area contributed by atoms with Crippen molar-refractivity contribution >= 4 is 28.0 Å². The summed E-state index contributed by atoms with van der Waals surface area (Å²) in [6, 6.07) is 5.20. The molecule has 1 heterocycles. The number of aliphatic carboxylic acids is 1. The van der Waals surface area contributed by atoms with Crippen LogP contribution in [0.25, 0.3) is 0 Å². The van der Waals surface area contributed by atoms with E-state index in [9.17, 15) is 9.59 Å². The van der Waals surface area contributed by atoms with Crippen LogP contribution in [0.15, 0.2) is 22.7 Å². The van der Waals surface area contributed by atoms with Gasteiger partial charge in [-0.2, -0.15) is 0 Å². The van der Waals surface area contributed by atoms with E-state index in [-0.39, 0.29) is 12.5 Å². The van der Waals surface area contributed by atoms with Crippen molar-refractivity contribution in [2.45, 2.75) is 25.4 Å². The number of ether oxygens (including phenoxy) is 1. The highest BCUT2D eigenvalue weighted by Crippen LogP contribution is 2.29. The average molecular weight is 358 g/mol. The largest absolute Gasteiger partial charge is 0.489 e. The van der Waals surface area contributed by atoms with Gasteiger partial charge in [-0.15, -0.1) is 0 Å². The van der Waals surface area contributed by atoms with Crippen LogP contribution in [0.5, 0.6) is 5.75 Å². The molecule has 1 aromatic carbocycles. The van der Waals surface area contributed by atoms with Crippen LogP contribution in [0.3, 0.4) is 0 Å². The van der Waals surface area contributed by atoms with E-state index in [4.69, 9.17) is 14.9 Å². The number of likely N-dealkylation sites (tertiary alicyclic amines) is 1. The number of benzene rings is 1. The second-order valence-electron chi connectivity index (χ2n) is 4.92. The molecule has 1 amide bonds. The molecule has 21 heavy (non-hydrogen) atoms. The zero-order valence-corrected chi connectivity index (χ0v) is 12.9. The lowest BCUT2D eigenvalue weighted by atomic mass is 10.1. The van der Waals surface area contributed by atoms with E-state index in [1.54, 1.807) is 18.2 Å². The van der Waals surface area contributed by atoms with E-state index in [0.29, 0.717) is 41.7 Å². The summed E-state index contributed by atoms with van der Waals surface area (Å²) in [5, 5.41) is 17.6. The standard InChI is InChI=1S/C14H16BrNO5/c15-11-7-9(8-13(17)18)1-2-12(11)21-10-3-5-16(6-4-10)14(19)20/h1-2,7,10H,3-6,8H2,(H,17,18)(H,19,20). The SMILES string of the molecule is O=C(O)Cc1ccc(OC2CCN(C(=O)O)CC2)c(Br)c1. The Labute approximate surface area is 130 Å². The van der Waals surface area contributed by atoms with Crippen LogP contribution in [0.1, 0.15) is 18.4 Å². The van der Waals surface area contributed by atoms with Crippen LogP contribution in [-0.4, -0.2) is 46.4 Å².